The van der Waals surface area contributed by atoms with Crippen molar-refractivity contribution in [1.82, 2.24) is 14.9 Å². The van der Waals surface area contributed by atoms with Gasteiger partial charge in [-0.1, -0.05) is 12.1 Å². The van der Waals surface area contributed by atoms with E-state index < -0.39 is 0 Å². The van der Waals surface area contributed by atoms with Crippen LogP contribution in [0.3, 0.4) is 0 Å². The second-order valence-corrected chi connectivity index (χ2v) is 6.78. The molecular weight excluding hydrogens is 306 g/mol. The predicted octanol–water partition coefficient (Wildman–Crippen LogP) is 3.92. The summed E-state index contributed by atoms with van der Waals surface area (Å²) in [5.74, 6) is 1.13. The lowest BCUT2D eigenvalue weighted by Crippen LogP contribution is -2.30. The number of likely N-dealkylation sites (tertiary alicyclic amines) is 1. The number of aromatic nitrogens is 2. The maximum Gasteiger partial charge on any atom is 0.223 e. The Kier molecular flexibility index (Phi) is 3.87. The van der Waals surface area contributed by atoms with Crippen LogP contribution in [0.1, 0.15) is 36.7 Å². The number of hydrogen-bond acceptors (Lipinski definition) is 3. The zero-order chi connectivity index (χ0) is 15.6. The molecule has 1 amide bonds. The molecule has 0 spiro atoms. The van der Waals surface area contributed by atoms with Gasteiger partial charge in [-0.3, -0.25) is 4.79 Å². The number of amides is 1. The number of para-hydroxylation sites is 2. The van der Waals surface area contributed by atoms with Gasteiger partial charge in [-0.25, -0.2) is 4.98 Å². The van der Waals surface area contributed by atoms with E-state index >= 15 is 0 Å². The van der Waals surface area contributed by atoms with E-state index in [4.69, 9.17) is 0 Å². The number of nitrogens with zero attached hydrogens (tertiary/aromatic N) is 2. The smallest absolute Gasteiger partial charge is 0.223 e. The van der Waals surface area contributed by atoms with E-state index in [1.54, 1.807) is 11.3 Å². The maximum atomic E-state index is 12.6. The highest BCUT2D eigenvalue weighted by molar-refractivity contribution is 7.07. The van der Waals surface area contributed by atoms with Crippen molar-refractivity contribution < 1.29 is 4.79 Å². The molecule has 0 saturated carbocycles. The summed E-state index contributed by atoms with van der Waals surface area (Å²) in [4.78, 5) is 22.5. The Hall–Kier alpha value is -2.14. The molecule has 0 radical (unpaired) electrons. The average molecular weight is 325 g/mol. The molecule has 23 heavy (non-hydrogen) atoms. The number of rotatable bonds is 4. The second-order valence-electron chi connectivity index (χ2n) is 6.00. The van der Waals surface area contributed by atoms with Gasteiger partial charge in [0.05, 0.1) is 17.1 Å². The second kappa shape index (κ2) is 6.16. The summed E-state index contributed by atoms with van der Waals surface area (Å²) in [5.41, 5.74) is 3.28. The molecule has 4 rings (SSSR count). The van der Waals surface area contributed by atoms with Gasteiger partial charge in [-0.05, 0) is 47.4 Å². The van der Waals surface area contributed by atoms with Crippen LogP contribution in [-0.2, 0) is 11.2 Å². The van der Waals surface area contributed by atoms with Crippen LogP contribution in [0.2, 0.25) is 0 Å². The number of hydrogen-bond donors (Lipinski definition) is 1. The minimum absolute atomic E-state index is 0.235. The molecule has 1 fully saturated rings. The number of thiophene rings is 1. The molecule has 3 heterocycles. The Labute approximate surface area is 139 Å². The number of imidazole rings is 1. The fourth-order valence-corrected chi connectivity index (χ4v) is 4.08. The summed E-state index contributed by atoms with van der Waals surface area (Å²) in [6.07, 6.45) is 3.35. The van der Waals surface area contributed by atoms with Crippen LogP contribution in [0, 0.1) is 0 Å². The van der Waals surface area contributed by atoms with E-state index in [2.05, 4.69) is 26.8 Å². The van der Waals surface area contributed by atoms with Crippen LogP contribution in [0.4, 0.5) is 0 Å². The first-order chi connectivity index (χ1) is 11.3. The maximum absolute atomic E-state index is 12.6. The highest BCUT2D eigenvalue weighted by atomic mass is 32.1. The predicted molar refractivity (Wildman–Crippen MR) is 92.4 cm³/mol. The van der Waals surface area contributed by atoms with Gasteiger partial charge < -0.3 is 9.88 Å². The molecule has 3 aromatic rings. The van der Waals surface area contributed by atoms with Gasteiger partial charge in [-0.15, -0.1) is 0 Å². The Morgan fingerprint density at radius 3 is 3.09 bits per heavy atom. The highest BCUT2D eigenvalue weighted by Gasteiger charge is 2.29. The average Bonchev–Trinajstić information content (AvgIpc) is 3.31. The third-order valence-electron chi connectivity index (χ3n) is 4.52. The van der Waals surface area contributed by atoms with Crippen molar-refractivity contribution in [3.63, 3.8) is 0 Å². The molecule has 0 bridgehead atoms. The van der Waals surface area contributed by atoms with Crippen LogP contribution in [0.25, 0.3) is 11.0 Å². The number of carbonyl (C=O) groups is 1. The third-order valence-corrected chi connectivity index (χ3v) is 5.22. The van der Waals surface area contributed by atoms with Crippen molar-refractivity contribution in [2.24, 2.45) is 0 Å². The normalized spacial score (nSPS) is 17.9. The van der Waals surface area contributed by atoms with E-state index in [1.165, 1.54) is 5.56 Å². The summed E-state index contributed by atoms with van der Waals surface area (Å²) in [7, 11) is 0. The Morgan fingerprint density at radius 2 is 2.26 bits per heavy atom. The zero-order valence-electron chi connectivity index (χ0n) is 12.9. The molecule has 2 aromatic heterocycles. The fourth-order valence-electron chi connectivity index (χ4n) is 3.37. The minimum Gasteiger partial charge on any atom is -0.342 e. The van der Waals surface area contributed by atoms with E-state index in [0.717, 1.165) is 36.2 Å². The van der Waals surface area contributed by atoms with Gasteiger partial charge in [0.15, 0.2) is 0 Å². The van der Waals surface area contributed by atoms with Gasteiger partial charge in [0, 0.05) is 19.4 Å². The van der Waals surface area contributed by atoms with Crippen molar-refractivity contribution in [2.75, 3.05) is 6.54 Å². The number of benzene rings is 1. The summed E-state index contributed by atoms with van der Waals surface area (Å²) in [6, 6.07) is 10.4. The van der Waals surface area contributed by atoms with Gasteiger partial charge in [0.25, 0.3) is 0 Å². The molecule has 1 N–H and O–H groups in total. The van der Waals surface area contributed by atoms with E-state index in [0.29, 0.717) is 12.8 Å². The van der Waals surface area contributed by atoms with E-state index in [1.807, 2.05) is 29.2 Å². The molecule has 0 aliphatic carbocycles. The Bertz CT molecular complexity index is 776. The Morgan fingerprint density at radius 1 is 1.35 bits per heavy atom. The first-order valence-corrected chi connectivity index (χ1v) is 9.01. The van der Waals surface area contributed by atoms with Crippen molar-refractivity contribution in [3.05, 3.63) is 52.5 Å². The van der Waals surface area contributed by atoms with Crippen LogP contribution in [-0.4, -0.2) is 27.3 Å². The largest absolute Gasteiger partial charge is 0.342 e. The van der Waals surface area contributed by atoms with E-state index in [-0.39, 0.29) is 11.9 Å². The molecule has 0 unspecified atom stereocenters. The lowest BCUT2D eigenvalue weighted by molar-refractivity contribution is -0.132. The number of aryl methyl sites for hydroxylation is 1. The molecular formula is C18H19N3OS. The summed E-state index contributed by atoms with van der Waals surface area (Å²) in [6.45, 7) is 0.874. The zero-order valence-corrected chi connectivity index (χ0v) is 13.7. The molecule has 1 aliphatic rings. The standard InChI is InChI=1S/C18H19N3OS/c22-18(21-10-3-6-16(21)13-9-11-23-12-13)8-7-17-19-14-4-1-2-5-15(14)20-17/h1-2,4-5,9,11-12,16H,3,6-8,10H2,(H,19,20)/t16-/m0/s1. The molecule has 4 nitrogen and oxygen atoms in total. The summed E-state index contributed by atoms with van der Waals surface area (Å²) >= 11 is 1.70. The van der Waals surface area contributed by atoms with Gasteiger partial charge in [0.2, 0.25) is 5.91 Å². The topological polar surface area (TPSA) is 49.0 Å². The fraction of sp³-hybridized carbons (Fsp3) is 0.333. The van der Waals surface area contributed by atoms with Crippen molar-refractivity contribution in [1.29, 1.82) is 0 Å². The SMILES string of the molecule is O=C(CCc1nc2ccccc2[nH]1)N1CCC[C@H]1c1ccsc1. The van der Waals surface area contributed by atoms with Crippen LogP contribution in [0.15, 0.2) is 41.1 Å². The first-order valence-electron chi connectivity index (χ1n) is 8.06. The minimum atomic E-state index is 0.235. The van der Waals surface area contributed by atoms with Crippen LogP contribution < -0.4 is 0 Å². The van der Waals surface area contributed by atoms with Gasteiger partial charge >= 0.3 is 0 Å². The van der Waals surface area contributed by atoms with E-state index in [9.17, 15) is 4.79 Å². The molecule has 1 aromatic carbocycles. The van der Waals surface area contributed by atoms with Gasteiger partial charge in [0.1, 0.15) is 5.82 Å². The first kappa shape index (κ1) is 14.5. The van der Waals surface area contributed by atoms with Crippen molar-refractivity contribution in [2.45, 2.75) is 31.7 Å². The number of nitrogens with one attached hydrogen (secondary N) is 1. The van der Waals surface area contributed by atoms with Crippen LogP contribution in [0.5, 0.6) is 0 Å². The number of fused-ring (bicyclic) bond motifs is 1. The monoisotopic (exact) mass is 325 g/mol. The lowest BCUT2D eigenvalue weighted by Gasteiger charge is -2.24. The summed E-state index contributed by atoms with van der Waals surface area (Å²) < 4.78 is 0. The number of H-pyrrole nitrogens is 1. The number of carbonyl (C=O) groups excluding carboxylic acids is 1. The molecule has 1 aliphatic heterocycles. The van der Waals surface area contributed by atoms with Crippen molar-refractivity contribution >= 4 is 28.3 Å². The Balaban J connectivity index is 1.43. The molecule has 1 atom stereocenters. The lowest BCUT2D eigenvalue weighted by atomic mass is 10.1. The molecule has 1 saturated heterocycles. The third kappa shape index (κ3) is 2.88. The summed E-state index contributed by atoms with van der Waals surface area (Å²) in [5, 5.41) is 4.25. The number of aromatic amines is 1. The van der Waals surface area contributed by atoms with Gasteiger partial charge in [-0.2, -0.15) is 11.3 Å². The highest BCUT2D eigenvalue weighted by Crippen LogP contribution is 2.33. The quantitative estimate of drug-likeness (QED) is 0.790. The molecule has 118 valence electrons. The van der Waals surface area contributed by atoms with Crippen LogP contribution >= 0.6 is 11.3 Å². The molecule has 5 heteroatoms. The van der Waals surface area contributed by atoms with Crippen molar-refractivity contribution in [3.8, 4) is 0 Å².